The first kappa shape index (κ1) is 14.9. The minimum atomic E-state index is -0.849. The van der Waals surface area contributed by atoms with Gasteiger partial charge in [-0.2, -0.15) is 0 Å². The molecule has 0 spiro atoms. The first-order valence-electron chi connectivity index (χ1n) is 7.02. The summed E-state index contributed by atoms with van der Waals surface area (Å²) in [4.78, 5) is 12.9. The molecule has 0 saturated carbocycles. The van der Waals surface area contributed by atoms with Crippen LogP contribution in [0, 0.1) is 0 Å². The van der Waals surface area contributed by atoms with Crippen LogP contribution in [0.1, 0.15) is 12.0 Å². The summed E-state index contributed by atoms with van der Waals surface area (Å²) >= 11 is 0. The Kier molecular flexibility index (Phi) is 5.21. The molecule has 0 aliphatic carbocycles. The lowest BCUT2D eigenvalue weighted by Gasteiger charge is -2.24. The van der Waals surface area contributed by atoms with Crippen molar-refractivity contribution in [2.75, 3.05) is 23.7 Å². The van der Waals surface area contributed by atoms with E-state index in [0.29, 0.717) is 12.2 Å². The van der Waals surface area contributed by atoms with Crippen molar-refractivity contribution in [2.24, 2.45) is 0 Å². The molecule has 0 radical (unpaired) electrons. The Bertz CT molecular complexity index is 584. The van der Waals surface area contributed by atoms with Gasteiger partial charge in [0.2, 0.25) is 0 Å². The average Bonchev–Trinajstić information content (AvgIpc) is 2.47. The molecule has 110 valence electrons. The lowest BCUT2D eigenvalue weighted by molar-refractivity contribution is -0.135. The summed E-state index contributed by atoms with van der Waals surface area (Å²) in [7, 11) is 0. The highest BCUT2D eigenvalue weighted by atomic mass is 16.4. The molecule has 0 saturated heterocycles. The zero-order valence-corrected chi connectivity index (χ0v) is 11.9. The molecule has 21 heavy (non-hydrogen) atoms. The molecule has 0 aliphatic heterocycles. The van der Waals surface area contributed by atoms with Gasteiger partial charge in [0.15, 0.2) is 0 Å². The zero-order chi connectivity index (χ0) is 15.1. The van der Waals surface area contributed by atoms with Crippen molar-refractivity contribution in [3.05, 3.63) is 60.2 Å². The van der Waals surface area contributed by atoms with Crippen LogP contribution < -0.4 is 10.6 Å². The lowest BCUT2D eigenvalue weighted by atomic mass is 10.1. The van der Waals surface area contributed by atoms with Crippen molar-refractivity contribution >= 4 is 17.3 Å². The van der Waals surface area contributed by atoms with Gasteiger partial charge in [0.05, 0.1) is 11.4 Å². The highest BCUT2D eigenvalue weighted by Gasteiger charge is 2.12. The fourth-order valence-corrected chi connectivity index (χ4v) is 2.34. The van der Waals surface area contributed by atoms with Crippen LogP contribution in [0.2, 0.25) is 0 Å². The molecule has 2 aromatic carbocycles. The molecule has 0 aliphatic rings. The van der Waals surface area contributed by atoms with Crippen LogP contribution >= 0.6 is 0 Å². The predicted molar refractivity (Wildman–Crippen MR) is 85.5 cm³/mol. The molecular formula is C17H20N2O2. The Morgan fingerprint density at radius 3 is 2.38 bits per heavy atom. The second kappa shape index (κ2) is 7.33. The lowest BCUT2D eigenvalue weighted by Crippen LogP contribution is -2.31. The summed E-state index contributed by atoms with van der Waals surface area (Å²) in [6.45, 7) is 0.623. The molecule has 0 fully saturated rings. The van der Waals surface area contributed by atoms with Gasteiger partial charge in [-0.25, -0.2) is 0 Å². The maximum Gasteiger partial charge on any atom is 0.323 e. The molecule has 0 atom stereocenters. The number of hydrogen-bond donors (Lipinski definition) is 2. The van der Waals surface area contributed by atoms with E-state index in [1.807, 2.05) is 41.3 Å². The van der Waals surface area contributed by atoms with Crippen LogP contribution in [0.25, 0.3) is 0 Å². The number of carbonyl (C=O) groups is 1. The van der Waals surface area contributed by atoms with E-state index in [0.717, 1.165) is 18.5 Å². The smallest absolute Gasteiger partial charge is 0.323 e. The van der Waals surface area contributed by atoms with Crippen molar-refractivity contribution < 1.29 is 9.90 Å². The normalized spacial score (nSPS) is 10.3. The number of aryl methyl sites for hydroxylation is 1. The quantitative estimate of drug-likeness (QED) is 0.767. The minimum Gasteiger partial charge on any atom is -0.480 e. The third kappa shape index (κ3) is 4.53. The number of carboxylic acid groups (broad SMARTS) is 1. The van der Waals surface area contributed by atoms with Crippen molar-refractivity contribution in [2.45, 2.75) is 12.8 Å². The van der Waals surface area contributed by atoms with Gasteiger partial charge < -0.3 is 15.7 Å². The Hall–Kier alpha value is -2.49. The monoisotopic (exact) mass is 284 g/mol. The molecule has 0 aromatic heterocycles. The van der Waals surface area contributed by atoms with E-state index in [-0.39, 0.29) is 6.54 Å². The molecule has 2 aromatic rings. The van der Waals surface area contributed by atoms with Crippen molar-refractivity contribution in [1.82, 2.24) is 0 Å². The number of aliphatic carboxylic acids is 1. The number of carboxylic acids is 1. The maximum atomic E-state index is 11.0. The Labute approximate surface area is 124 Å². The van der Waals surface area contributed by atoms with Gasteiger partial charge in [-0.3, -0.25) is 4.79 Å². The Morgan fingerprint density at radius 1 is 1.05 bits per heavy atom. The van der Waals surface area contributed by atoms with E-state index < -0.39 is 5.97 Å². The van der Waals surface area contributed by atoms with Gasteiger partial charge in [0.25, 0.3) is 0 Å². The molecular weight excluding hydrogens is 264 g/mol. The predicted octanol–water partition coefficient (Wildman–Crippen LogP) is 2.79. The second-order valence-corrected chi connectivity index (χ2v) is 4.96. The van der Waals surface area contributed by atoms with Crippen LogP contribution in [0.4, 0.5) is 11.4 Å². The third-order valence-corrected chi connectivity index (χ3v) is 3.34. The molecule has 0 unspecified atom stereocenters. The molecule has 4 heteroatoms. The number of nitrogens with zero attached hydrogens (tertiary/aromatic N) is 1. The summed E-state index contributed by atoms with van der Waals surface area (Å²) in [5.74, 6) is -0.849. The molecule has 2 rings (SSSR count). The molecule has 3 N–H and O–H groups in total. The van der Waals surface area contributed by atoms with Crippen LogP contribution in [0.3, 0.4) is 0 Å². The van der Waals surface area contributed by atoms with Crippen LogP contribution in [-0.2, 0) is 11.2 Å². The molecule has 4 nitrogen and oxygen atoms in total. The SMILES string of the molecule is Nc1ccccc1N(CCCc1ccccc1)CC(=O)O. The van der Waals surface area contributed by atoms with E-state index in [9.17, 15) is 4.79 Å². The largest absolute Gasteiger partial charge is 0.480 e. The topological polar surface area (TPSA) is 66.6 Å². The van der Waals surface area contributed by atoms with Gasteiger partial charge >= 0.3 is 5.97 Å². The molecule has 0 heterocycles. The zero-order valence-electron chi connectivity index (χ0n) is 11.9. The number of nitrogens with two attached hydrogens (primary N) is 1. The standard InChI is InChI=1S/C17H20N2O2/c18-15-10-4-5-11-16(15)19(13-17(20)21)12-6-9-14-7-2-1-3-8-14/h1-5,7-8,10-11H,6,9,12-13,18H2,(H,20,21). The van der Waals surface area contributed by atoms with Gasteiger partial charge in [-0.15, -0.1) is 0 Å². The summed E-state index contributed by atoms with van der Waals surface area (Å²) in [6.07, 6.45) is 1.80. The summed E-state index contributed by atoms with van der Waals surface area (Å²) in [5, 5.41) is 9.07. The molecule has 0 amide bonds. The van der Waals surface area contributed by atoms with Gasteiger partial charge in [0.1, 0.15) is 6.54 Å². The second-order valence-electron chi connectivity index (χ2n) is 4.96. The van der Waals surface area contributed by atoms with Crippen molar-refractivity contribution in [1.29, 1.82) is 0 Å². The third-order valence-electron chi connectivity index (χ3n) is 3.34. The fourth-order valence-electron chi connectivity index (χ4n) is 2.34. The van der Waals surface area contributed by atoms with Gasteiger partial charge in [-0.1, -0.05) is 42.5 Å². The van der Waals surface area contributed by atoms with Crippen LogP contribution in [0.5, 0.6) is 0 Å². The highest BCUT2D eigenvalue weighted by Crippen LogP contribution is 2.22. The van der Waals surface area contributed by atoms with Crippen LogP contribution in [-0.4, -0.2) is 24.2 Å². The highest BCUT2D eigenvalue weighted by molar-refractivity contribution is 5.77. The Balaban J connectivity index is 2.00. The number of hydrogen-bond acceptors (Lipinski definition) is 3. The summed E-state index contributed by atoms with van der Waals surface area (Å²) in [5.41, 5.74) is 8.60. The molecule has 0 bridgehead atoms. The van der Waals surface area contributed by atoms with Gasteiger partial charge in [-0.05, 0) is 30.5 Å². The number of anilines is 2. The fraction of sp³-hybridized carbons (Fsp3) is 0.235. The van der Waals surface area contributed by atoms with Gasteiger partial charge in [0, 0.05) is 6.54 Å². The van der Waals surface area contributed by atoms with E-state index in [4.69, 9.17) is 10.8 Å². The number of para-hydroxylation sites is 2. The summed E-state index contributed by atoms with van der Waals surface area (Å²) in [6, 6.07) is 17.6. The van der Waals surface area contributed by atoms with E-state index in [1.165, 1.54) is 5.56 Å². The van der Waals surface area contributed by atoms with E-state index >= 15 is 0 Å². The number of rotatable bonds is 7. The van der Waals surface area contributed by atoms with Crippen molar-refractivity contribution in [3.63, 3.8) is 0 Å². The van der Waals surface area contributed by atoms with E-state index in [1.54, 1.807) is 6.07 Å². The van der Waals surface area contributed by atoms with Crippen molar-refractivity contribution in [3.8, 4) is 0 Å². The first-order chi connectivity index (χ1) is 10.2. The maximum absolute atomic E-state index is 11.0. The summed E-state index contributed by atoms with van der Waals surface area (Å²) < 4.78 is 0. The first-order valence-corrected chi connectivity index (χ1v) is 7.02. The number of nitrogen functional groups attached to an aromatic ring is 1. The Morgan fingerprint density at radius 2 is 1.71 bits per heavy atom. The average molecular weight is 284 g/mol. The van der Waals surface area contributed by atoms with E-state index in [2.05, 4.69) is 12.1 Å². The number of benzene rings is 2. The minimum absolute atomic E-state index is 0.0387. The van der Waals surface area contributed by atoms with Crippen LogP contribution in [0.15, 0.2) is 54.6 Å².